The molecule has 17 heavy (non-hydrogen) atoms. The summed E-state index contributed by atoms with van der Waals surface area (Å²) in [6.07, 6.45) is 2.09. The molecule has 1 unspecified atom stereocenters. The van der Waals surface area contributed by atoms with Crippen LogP contribution in [0.1, 0.15) is 18.4 Å². The van der Waals surface area contributed by atoms with Crippen LogP contribution in [0.2, 0.25) is 0 Å². The van der Waals surface area contributed by atoms with E-state index in [1.165, 1.54) is 6.07 Å². The molecule has 0 aliphatic carbocycles. The number of thiocarbonyl (C=S) groups is 1. The van der Waals surface area contributed by atoms with Crippen LogP contribution in [0.4, 0.5) is 4.39 Å². The number of hydrogen-bond donors (Lipinski definition) is 1. The van der Waals surface area contributed by atoms with E-state index in [9.17, 15) is 4.39 Å². The Balaban J connectivity index is 2.15. The maximum absolute atomic E-state index is 13.4. The Bertz CT molecular complexity index is 439. The minimum absolute atomic E-state index is 0.153. The fraction of sp³-hybridized carbons (Fsp3) is 0.417. The second-order valence-corrected chi connectivity index (χ2v) is 5.51. The van der Waals surface area contributed by atoms with E-state index in [1.54, 1.807) is 6.07 Å². The number of hydrogen-bond acceptors (Lipinski definition) is 2. The molecular formula is C12H14BrFN2S. The zero-order valence-electron chi connectivity index (χ0n) is 9.33. The monoisotopic (exact) mass is 316 g/mol. The largest absolute Gasteiger partial charge is 0.392 e. The minimum Gasteiger partial charge on any atom is -0.392 e. The summed E-state index contributed by atoms with van der Waals surface area (Å²) >= 11 is 8.34. The van der Waals surface area contributed by atoms with Gasteiger partial charge in [-0.1, -0.05) is 24.4 Å². The van der Waals surface area contributed by atoms with Gasteiger partial charge in [-0.05, 0) is 46.9 Å². The maximum Gasteiger partial charge on any atom is 0.137 e. The van der Waals surface area contributed by atoms with Gasteiger partial charge in [0, 0.05) is 6.54 Å². The van der Waals surface area contributed by atoms with Crippen LogP contribution in [0.25, 0.3) is 0 Å². The molecular weight excluding hydrogens is 303 g/mol. The van der Waals surface area contributed by atoms with Crippen LogP contribution in [0, 0.1) is 5.82 Å². The molecule has 1 heterocycles. The van der Waals surface area contributed by atoms with E-state index in [0.717, 1.165) is 24.9 Å². The highest BCUT2D eigenvalue weighted by Crippen LogP contribution is 2.25. The Morgan fingerprint density at radius 1 is 1.59 bits per heavy atom. The first kappa shape index (κ1) is 12.9. The highest BCUT2D eigenvalue weighted by atomic mass is 79.9. The fourth-order valence-corrected chi connectivity index (χ4v) is 2.88. The normalized spacial score (nSPS) is 20.7. The first-order chi connectivity index (χ1) is 8.09. The van der Waals surface area contributed by atoms with Gasteiger partial charge in [-0.2, -0.15) is 0 Å². The number of rotatable bonds is 3. The van der Waals surface area contributed by atoms with Crippen LogP contribution in [0.5, 0.6) is 0 Å². The Morgan fingerprint density at radius 2 is 2.35 bits per heavy atom. The average molecular weight is 317 g/mol. The number of likely N-dealkylation sites (tertiary alicyclic amines) is 1. The molecule has 92 valence electrons. The van der Waals surface area contributed by atoms with Gasteiger partial charge in [0.2, 0.25) is 0 Å². The first-order valence-corrected chi connectivity index (χ1v) is 6.76. The molecule has 0 saturated carbocycles. The van der Waals surface area contributed by atoms with Crippen molar-refractivity contribution < 1.29 is 4.39 Å². The smallest absolute Gasteiger partial charge is 0.137 e. The summed E-state index contributed by atoms with van der Waals surface area (Å²) in [5, 5.41) is 0. The molecule has 1 aromatic rings. The topological polar surface area (TPSA) is 29.3 Å². The summed E-state index contributed by atoms with van der Waals surface area (Å²) in [4.78, 5) is 2.75. The quantitative estimate of drug-likeness (QED) is 0.869. The third-order valence-corrected chi connectivity index (χ3v) is 4.26. The molecule has 1 saturated heterocycles. The van der Waals surface area contributed by atoms with Gasteiger partial charge in [-0.25, -0.2) is 4.39 Å². The van der Waals surface area contributed by atoms with Crippen LogP contribution < -0.4 is 5.73 Å². The Labute approximate surface area is 114 Å². The van der Waals surface area contributed by atoms with Gasteiger partial charge < -0.3 is 5.73 Å². The van der Waals surface area contributed by atoms with Crippen molar-refractivity contribution in [3.8, 4) is 0 Å². The average Bonchev–Trinajstić information content (AvgIpc) is 2.73. The van der Waals surface area contributed by atoms with Crippen molar-refractivity contribution in [2.45, 2.75) is 25.4 Å². The van der Waals surface area contributed by atoms with Gasteiger partial charge in [0.05, 0.1) is 15.5 Å². The SMILES string of the molecule is NC(=S)C1CCCN1Cc1cccc(F)c1Br. The van der Waals surface area contributed by atoms with Gasteiger partial charge in [-0.15, -0.1) is 0 Å². The van der Waals surface area contributed by atoms with Crippen molar-refractivity contribution in [2.75, 3.05) is 6.54 Å². The Morgan fingerprint density at radius 3 is 3.06 bits per heavy atom. The molecule has 1 atom stereocenters. The first-order valence-electron chi connectivity index (χ1n) is 5.56. The van der Waals surface area contributed by atoms with Crippen molar-refractivity contribution in [3.63, 3.8) is 0 Å². The molecule has 0 radical (unpaired) electrons. The lowest BCUT2D eigenvalue weighted by Crippen LogP contribution is -2.38. The molecule has 5 heteroatoms. The van der Waals surface area contributed by atoms with Crippen molar-refractivity contribution in [3.05, 3.63) is 34.1 Å². The number of nitrogens with two attached hydrogens (primary N) is 1. The van der Waals surface area contributed by atoms with E-state index >= 15 is 0 Å². The van der Waals surface area contributed by atoms with E-state index < -0.39 is 0 Å². The van der Waals surface area contributed by atoms with E-state index in [4.69, 9.17) is 18.0 Å². The summed E-state index contributed by atoms with van der Waals surface area (Å²) < 4.78 is 13.9. The fourth-order valence-electron chi connectivity index (χ4n) is 2.23. The zero-order valence-corrected chi connectivity index (χ0v) is 11.7. The van der Waals surface area contributed by atoms with Gasteiger partial charge in [0.15, 0.2) is 0 Å². The number of nitrogens with zero attached hydrogens (tertiary/aromatic N) is 1. The second kappa shape index (κ2) is 5.42. The van der Waals surface area contributed by atoms with Crippen LogP contribution in [0.15, 0.2) is 22.7 Å². The van der Waals surface area contributed by atoms with Crippen molar-refractivity contribution in [1.29, 1.82) is 0 Å². The zero-order chi connectivity index (χ0) is 12.4. The third kappa shape index (κ3) is 2.84. The van der Waals surface area contributed by atoms with E-state index in [-0.39, 0.29) is 11.9 Å². The van der Waals surface area contributed by atoms with Crippen molar-refractivity contribution in [1.82, 2.24) is 4.90 Å². The van der Waals surface area contributed by atoms with Crippen molar-refractivity contribution >= 4 is 33.1 Å². The Kier molecular flexibility index (Phi) is 4.12. The minimum atomic E-state index is -0.228. The molecule has 1 aliphatic rings. The van der Waals surface area contributed by atoms with Gasteiger partial charge >= 0.3 is 0 Å². The van der Waals surface area contributed by atoms with Crippen LogP contribution in [-0.4, -0.2) is 22.5 Å². The molecule has 0 amide bonds. The second-order valence-electron chi connectivity index (χ2n) is 4.24. The molecule has 0 aromatic heterocycles. The highest BCUT2D eigenvalue weighted by molar-refractivity contribution is 9.10. The summed E-state index contributed by atoms with van der Waals surface area (Å²) in [5.74, 6) is -0.228. The summed E-state index contributed by atoms with van der Waals surface area (Å²) in [6.45, 7) is 1.64. The molecule has 2 N–H and O–H groups in total. The molecule has 1 aliphatic heterocycles. The summed E-state index contributed by atoms with van der Waals surface area (Å²) in [6, 6.07) is 5.24. The van der Waals surface area contributed by atoms with E-state index in [2.05, 4.69) is 20.8 Å². The predicted molar refractivity (Wildman–Crippen MR) is 74.3 cm³/mol. The molecule has 2 nitrogen and oxygen atoms in total. The van der Waals surface area contributed by atoms with Gasteiger partial charge in [0.25, 0.3) is 0 Å². The molecule has 0 spiro atoms. The lowest BCUT2D eigenvalue weighted by Gasteiger charge is -2.23. The maximum atomic E-state index is 13.4. The Hall–Kier alpha value is -0.520. The molecule has 1 aromatic carbocycles. The summed E-state index contributed by atoms with van der Waals surface area (Å²) in [5.41, 5.74) is 6.65. The van der Waals surface area contributed by atoms with E-state index in [1.807, 2.05) is 6.07 Å². The molecule has 2 rings (SSSR count). The standard InChI is InChI=1S/C12H14BrFN2S/c13-11-8(3-1-4-9(11)14)7-16-6-2-5-10(16)12(15)17/h1,3-4,10H,2,5-7H2,(H2,15,17). The van der Waals surface area contributed by atoms with Gasteiger partial charge in [-0.3, -0.25) is 4.90 Å². The summed E-state index contributed by atoms with van der Waals surface area (Å²) in [7, 11) is 0. The molecule has 0 bridgehead atoms. The van der Waals surface area contributed by atoms with E-state index in [0.29, 0.717) is 16.0 Å². The van der Waals surface area contributed by atoms with Crippen molar-refractivity contribution in [2.24, 2.45) is 5.73 Å². The lowest BCUT2D eigenvalue weighted by atomic mass is 10.2. The number of halogens is 2. The predicted octanol–water partition coefficient (Wildman–Crippen LogP) is 2.84. The van der Waals surface area contributed by atoms with Crippen LogP contribution in [0.3, 0.4) is 0 Å². The lowest BCUT2D eigenvalue weighted by molar-refractivity contribution is 0.294. The number of benzene rings is 1. The third-order valence-electron chi connectivity index (χ3n) is 3.10. The van der Waals surface area contributed by atoms with Crippen LogP contribution >= 0.6 is 28.1 Å². The molecule has 1 fully saturated rings. The van der Waals surface area contributed by atoms with Crippen LogP contribution in [-0.2, 0) is 6.54 Å². The van der Waals surface area contributed by atoms with Gasteiger partial charge in [0.1, 0.15) is 5.82 Å². The highest BCUT2D eigenvalue weighted by Gasteiger charge is 2.27.